The smallest absolute Gasteiger partial charge is 0.328 e. The lowest BCUT2D eigenvalue weighted by Crippen LogP contribution is -2.47. The summed E-state index contributed by atoms with van der Waals surface area (Å²) in [5.41, 5.74) is 0. The number of carbonyl (C=O) groups is 2. The molecule has 20 heavy (non-hydrogen) atoms. The molecule has 0 bridgehead atoms. The highest BCUT2D eigenvalue weighted by molar-refractivity contribution is 5.85. The standard InChI is InChI=1S/C15H28N2O3/c1-11(2)9-13(15(19)20-3)17-14(18)10-16-12-7-5-4-6-8-12/h11-13,16H,4-10H2,1-3H3,(H,17,18)/t13-/m0/s1. The van der Waals surface area contributed by atoms with Gasteiger partial charge >= 0.3 is 5.97 Å². The number of hydrogen-bond acceptors (Lipinski definition) is 4. The average molecular weight is 284 g/mol. The van der Waals surface area contributed by atoms with Crippen molar-refractivity contribution >= 4 is 11.9 Å². The van der Waals surface area contributed by atoms with Crippen molar-refractivity contribution in [3.8, 4) is 0 Å². The van der Waals surface area contributed by atoms with E-state index in [9.17, 15) is 9.59 Å². The summed E-state index contributed by atoms with van der Waals surface area (Å²) in [5.74, 6) is -0.179. The fraction of sp³-hybridized carbons (Fsp3) is 0.867. The van der Waals surface area contributed by atoms with Crippen molar-refractivity contribution < 1.29 is 14.3 Å². The number of methoxy groups -OCH3 is 1. The molecule has 0 spiro atoms. The fourth-order valence-electron chi connectivity index (χ4n) is 2.62. The number of esters is 1. The highest BCUT2D eigenvalue weighted by Gasteiger charge is 2.23. The SMILES string of the molecule is COC(=O)[C@H](CC(C)C)NC(=O)CNC1CCCCC1. The van der Waals surface area contributed by atoms with Crippen LogP contribution in [0.1, 0.15) is 52.4 Å². The zero-order valence-corrected chi connectivity index (χ0v) is 12.9. The Hall–Kier alpha value is -1.10. The molecule has 5 heteroatoms. The minimum Gasteiger partial charge on any atom is -0.467 e. The van der Waals surface area contributed by atoms with Crippen LogP contribution < -0.4 is 10.6 Å². The summed E-state index contributed by atoms with van der Waals surface area (Å²) in [6, 6.07) is -0.100. The molecule has 0 radical (unpaired) electrons. The highest BCUT2D eigenvalue weighted by atomic mass is 16.5. The second-order valence-electron chi connectivity index (χ2n) is 5.99. The summed E-state index contributed by atoms with van der Waals surface area (Å²) in [7, 11) is 1.35. The van der Waals surface area contributed by atoms with E-state index in [-0.39, 0.29) is 18.4 Å². The van der Waals surface area contributed by atoms with Crippen LogP contribution in [0, 0.1) is 5.92 Å². The van der Waals surface area contributed by atoms with Crippen LogP contribution in [-0.4, -0.2) is 37.6 Å². The van der Waals surface area contributed by atoms with Gasteiger partial charge in [-0.15, -0.1) is 0 Å². The first-order chi connectivity index (χ1) is 9.52. The molecule has 0 aromatic carbocycles. The first-order valence-electron chi connectivity index (χ1n) is 7.63. The van der Waals surface area contributed by atoms with E-state index in [0.717, 1.165) is 12.8 Å². The molecule has 0 aromatic rings. The van der Waals surface area contributed by atoms with Gasteiger partial charge in [0.15, 0.2) is 0 Å². The number of hydrogen-bond donors (Lipinski definition) is 2. The van der Waals surface area contributed by atoms with Gasteiger partial charge in [0.25, 0.3) is 0 Å². The molecule has 1 aliphatic carbocycles. The minimum atomic E-state index is -0.541. The fourth-order valence-corrected chi connectivity index (χ4v) is 2.62. The van der Waals surface area contributed by atoms with E-state index in [2.05, 4.69) is 10.6 Å². The number of carbonyl (C=O) groups excluding carboxylic acids is 2. The molecule has 1 amide bonds. The van der Waals surface area contributed by atoms with Crippen LogP contribution in [0.25, 0.3) is 0 Å². The molecule has 116 valence electrons. The average Bonchev–Trinajstić information content (AvgIpc) is 2.44. The van der Waals surface area contributed by atoms with Crippen LogP contribution in [0.3, 0.4) is 0 Å². The van der Waals surface area contributed by atoms with Crippen LogP contribution >= 0.6 is 0 Å². The molecule has 1 atom stereocenters. The maximum atomic E-state index is 11.9. The summed E-state index contributed by atoms with van der Waals surface area (Å²) in [5, 5.41) is 6.04. The number of amides is 1. The zero-order valence-electron chi connectivity index (χ0n) is 12.9. The largest absolute Gasteiger partial charge is 0.467 e. The molecule has 0 heterocycles. The van der Waals surface area contributed by atoms with E-state index in [1.54, 1.807) is 0 Å². The summed E-state index contributed by atoms with van der Waals surface area (Å²) >= 11 is 0. The Balaban J connectivity index is 2.34. The lowest BCUT2D eigenvalue weighted by molar-refractivity contribution is -0.145. The van der Waals surface area contributed by atoms with Crippen molar-refractivity contribution in [2.75, 3.05) is 13.7 Å². The predicted octanol–water partition coefficient (Wildman–Crippen LogP) is 1.61. The molecule has 0 saturated heterocycles. The molecular weight excluding hydrogens is 256 g/mol. The third-order valence-electron chi connectivity index (χ3n) is 3.68. The summed E-state index contributed by atoms with van der Waals surface area (Å²) < 4.78 is 4.73. The van der Waals surface area contributed by atoms with Gasteiger partial charge in [0.05, 0.1) is 13.7 Å². The lowest BCUT2D eigenvalue weighted by atomic mass is 9.95. The second-order valence-corrected chi connectivity index (χ2v) is 5.99. The topological polar surface area (TPSA) is 67.4 Å². The molecular formula is C15H28N2O3. The van der Waals surface area contributed by atoms with Gasteiger partial charge in [-0.3, -0.25) is 4.79 Å². The minimum absolute atomic E-state index is 0.133. The first kappa shape index (κ1) is 17.0. The van der Waals surface area contributed by atoms with E-state index >= 15 is 0 Å². The van der Waals surface area contributed by atoms with E-state index in [0.29, 0.717) is 18.4 Å². The lowest BCUT2D eigenvalue weighted by Gasteiger charge is -2.23. The maximum absolute atomic E-state index is 11.9. The Bertz CT molecular complexity index is 312. The van der Waals surface area contributed by atoms with E-state index in [1.807, 2.05) is 13.8 Å². The van der Waals surface area contributed by atoms with E-state index < -0.39 is 6.04 Å². The van der Waals surface area contributed by atoms with Gasteiger partial charge in [-0.2, -0.15) is 0 Å². The number of nitrogens with one attached hydrogen (secondary N) is 2. The van der Waals surface area contributed by atoms with Gasteiger partial charge in [0.1, 0.15) is 6.04 Å². The molecule has 5 nitrogen and oxygen atoms in total. The third kappa shape index (κ3) is 6.37. The first-order valence-corrected chi connectivity index (χ1v) is 7.63. The second kappa shape index (κ2) is 8.95. The predicted molar refractivity (Wildman–Crippen MR) is 78.3 cm³/mol. The van der Waals surface area contributed by atoms with Gasteiger partial charge in [-0.1, -0.05) is 33.1 Å². The number of rotatable bonds is 7. The molecule has 0 aromatic heterocycles. The van der Waals surface area contributed by atoms with Crippen LogP contribution in [0.2, 0.25) is 0 Å². The van der Waals surface area contributed by atoms with E-state index in [4.69, 9.17) is 4.74 Å². The quantitative estimate of drug-likeness (QED) is 0.697. The van der Waals surface area contributed by atoms with Gasteiger partial charge in [0, 0.05) is 6.04 Å². The third-order valence-corrected chi connectivity index (χ3v) is 3.68. The van der Waals surface area contributed by atoms with E-state index in [1.165, 1.54) is 26.4 Å². The van der Waals surface area contributed by atoms with Gasteiger partial charge in [-0.05, 0) is 25.2 Å². The van der Waals surface area contributed by atoms with Crippen LogP contribution in [0.5, 0.6) is 0 Å². The van der Waals surface area contributed by atoms with Crippen molar-refractivity contribution in [1.82, 2.24) is 10.6 Å². The molecule has 1 saturated carbocycles. The molecule has 1 fully saturated rings. The molecule has 2 N–H and O–H groups in total. The van der Waals surface area contributed by atoms with Gasteiger partial charge in [0.2, 0.25) is 5.91 Å². The van der Waals surface area contributed by atoms with Gasteiger partial charge < -0.3 is 15.4 Å². The summed E-state index contributed by atoms with van der Waals surface area (Å²) in [6.45, 7) is 4.31. The molecule has 1 rings (SSSR count). The van der Waals surface area contributed by atoms with Crippen molar-refractivity contribution in [2.24, 2.45) is 5.92 Å². The maximum Gasteiger partial charge on any atom is 0.328 e. The normalized spacial score (nSPS) is 17.8. The number of ether oxygens (including phenoxy) is 1. The summed E-state index contributed by atoms with van der Waals surface area (Å²) in [4.78, 5) is 23.5. The van der Waals surface area contributed by atoms with Crippen molar-refractivity contribution in [2.45, 2.75) is 64.5 Å². The Morgan fingerprint density at radius 1 is 1.20 bits per heavy atom. The van der Waals surface area contributed by atoms with Crippen LogP contribution in [0.15, 0.2) is 0 Å². The Morgan fingerprint density at radius 2 is 1.85 bits per heavy atom. The highest BCUT2D eigenvalue weighted by Crippen LogP contribution is 2.17. The van der Waals surface area contributed by atoms with Crippen molar-refractivity contribution in [1.29, 1.82) is 0 Å². The molecule has 0 aliphatic heterocycles. The monoisotopic (exact) mass is 284 g/mol. The Morgan fingerprint density at radius 3 is 2.40 bits per heavy atom. The van der Waals surface area contributed by atoms with Crippen LogP contribution in [0.4, 0.5) is 0 Å². The molecule has 1 aliphatic rings. The molecule has 0 unspecified atom stereocenters. The summed E-state index contributed by atoms with van der Waals surface area (Å²) in [6.07, 6.45) is 6.64. The van der Waals surface area contributed by atoms with Gasteiger partial charge in [-0.25, -0.2) is 4.79 Å². The zero-order chi connectivity index (χ0) is 15.0. The Labute approximate surface area is 121 Å². The van der Waals surface area contributed by atoms with Crippen molar-refractivity contribution in [3.05, 3.63) is 0 Å². The van der Waals surface area contributed by atoms with Crippen molar-refractivity contribution in [3.63, 3.8) is 0 Å². The van der Waals surface area contributed by atoms with Crippen LogP contribution in [-0.2, 0) is 14.3 Å². The Kier molecular flexibility index (Phi) is 7.59.